The number of halogens is 1. The van der Waals surface area contributed by atoms with Gasteiger partial charge in [0.15, 0.2) is 5.13 Å². The van der Waals surface area contributed by atoms with E-state index in [9.17, 15) is 22.9 Å². The van der Waals surface area contributed by atoms with E-state index in [1.165, 1.54) is 6.07 Å². The van der Waals surface area contributed by atoms with Crippen LogP contribution in [-0.4, -0.2) is 39.2 Å². The van der Waals surface area contributed by atoms with Gasteiger partial charge in [-0.25, -0.2) is 4.99 Å². The fourth-order valence-electron chi connectivity index (χ4n) is 3.08. The molecule has 5 rings (SSSR count). The topological polar surface area (TPSA) is 168 Å². The van der Waals surface area contributed by atoms with Gasteiger partial charge < -0.3 is 9.52 Å². The number of thiazole rings is 1. The minimum Gasteiger partial charge on any atom is -0.492 e. The molecule has 11 nitrogen and oxygen atoms in total. The molecule has 1 amide bonds. The summed E-state index contributed by atoms with van der Waals surface area (Å²) in [4.78, 5) is 19.9. The van der Waals surface area contributed by atoms with Crippen LogP contribution in [0.1, 0.15) is 4.88 Å². The summed E-state index contributed by atoms with van der Waals surface area (Å²) in [7, 11) is -4.50. The van der Waals surface area contributed by atoms with E-state index in [1.54, 1.807) is 24.3 Å². The Morgan fingerprint density at radius 2 is 1.85 bits per heavy atom. The van der Waals surface area contributed by atoms with Crippen molar-refractivity contribution < 1.29 is 27.3 Å². The number of nitrogens with one attached hydrogen (secondary N) is 1. The second kappa shape index (κ2) is 7.74. The fraction of sp³-hybridized carbons (Fsp3) is 0. The number of aromatic nitrogens is 3. The lowest BCUT2D eigenvalue weighted by molar-refractivity contribution is -0.112. The molecule has 0 aliphatic carbocycles. The molecule has 1 aliphatic rings. The lowest BCUT2D eigenvalue weighted by Crippen LogP contribution is -2.24. The number of hydrogen-bond acceptors (Lipinski definition) is 10. The highest BCUT2D eigenvalue weighted by molar-refractivity contribution is 7.85. The number of carbonyl (C=O) groups is 1. The molecule has 2 aromatic heterocycles. The van der Waals surface area contributed by atoms with E-state index in [0.717, 1.165) is 23.5 Å². The highest BCUT2D eigenvalue weighted by atomic mass is 35.5. The number of fused-ring (bicyclic) bond motifs is 1. The van der Waals surface area contributed by atoms with Crippen molar-refractivity contribution >= 4 is 55.7 Å². The molecular formula is C19H10ClN5O6S2. The van der Waals surface area contributed by atoms with Gasteiger partial charge in [-0.2, -0.15) is 13.4 Å². The maximum Gasteiger partial charge on any atom is 0.322 e. The number of carbonyl (C=O) groups excluding carboxylic acids is 1. The Morgan fingerprint density at radius 1 is 1.09 bits per heavy atom. The molecule has 0 atom stereocenters. The third-order valence-corrected chi connectivity index (χ3v) is 6.62. The van der Waals surface area contributed by atoms with E-state index in [4.69, 9.17) is 16.0 Å². The molecule has 3 heterocycles. The number of rotatable bonds is 5. The first kappa shape index (κ1) is 21.2. The first-order chi connectivity index (χ1) is 15.7. The summed E-state index contributed by atoms with van der Waals surface area (Å²) in [5.74, 6) is -0.949. The molecule has 166 valence electrons. The quantitative estimate of drug-likeness (QED) is 0.342. The summed E-state index contributed by atoms with van der Waals surface area (Å²) in [5, 5.41) is 21.9. The normalized spacial score (nSPS) is 13.2. The predicted octanol–water partition coefficient (Wildman–Crippen LogP) is 1.90. The first-order valence-electron chi connectivity index (χ1n) is 9.00. The molecular weight excluding hydrogens is 494 g/mol. The minimum atomic E-state index is -4.50. The van der Waals surface area contributed by atoms with Crippen molar-refractivity contribution in [3.8, 4) is 17.3 Å². The van der Waals surface area contributed by atoms with Crippen LogP contribution in [0, 0.1) is 0 Å². The monoisotopic (exact) mass is 503 g/mol. The van der Waals surface area contributed by atoms with Gasteiger partial charge in [0.05, 0.1) is 15.8 Å². The maximum atomic E-state index is 12.5. The lowest BCUT2D eigenvalue weighted by Gasteiger charge is -1.98. The Labute approximate surface area is 193 Å². The number of nitrogens with zero attached hydrogens (tertiary/aromatic N) is 4. The van der Waals surface area contributed by atoms with E-state index < -0.39 is 26.8 Å². The fourth-order valence-corrected chi connectivity index (χ4v) is 4.61. The van der Waals surface area contributed by atoms with Gasteiger partial charge in [-0.05, 0) is 42.5 Å². The van der Waals surface area contributed by atoms with Crippen molar-refractivity contribution in [3.63, 3.8) is 0 Å². The van der Waals surface area contributed by atoms with E-state index in [1.807, 2.05) is 0 Å². The molecule has 4 aromatic rings. The average Bonchev–Trinajstić information content (AvgIpc) is 3.44. The van der Waals surface area contributed by atoms with Crippen LogP contribution >= 0.6 is 22.9 Å². The second-order valence-corrected chi connectivity index (χ2v) is 9.52. The Morgan fingerprint density at radius 3 is 2.58 bits per heavy atom. The number of anilines is 2. The molecule has 3 N–H and O–H groups in total. The third kappa shape index (κ3) is 3.98. The summed E-state index contributed by atoms with van der Waals surface area (Å²) in [6, 6.07) is 10.3. The molecule has 0 unspecified atom stereocenters. The maximum absolute atomic E-state index is 12.5. The van der Waals surface area contributed by atoms with E-state index in [-0.39, 0.29) is 38.1 Å². The van der Waals surface area contributed by atoms with Crippen LogP contribution in [0.2, 0.25) is 5.02 Å². The van der Waals surface area contributed by atoms with Crippen molar-refractivity contribution in [3.05, 3.63) is 62.9 Å². The largest absolute Gasteiger partial charge is 0.492 e. The molecule has 0 radical (unpaired) electrons. The summed E-state index contributed by atoms with van der Waals surface area (Å²) in [6.07, 6.45) is 0. The zero-order valence-corrected chi connectivity index (χ0v) is 18.4. The highest BCUT2D eigenvalue weighted by Gasteiger charge is 2.26. The van der Waals surface area contributed by atoms with Crippen molar-refractivity contribution in [2.24, 2.45) is 4.99 Å². The SMILES string of the molecule is O=C1N=c2ccc(S(=O)(=O)O)cc2=C1c1sc(Nc2nnc(-c3ccc(Cl)cc3)o2)nc1O. The summed E-state index contributed by atoms with van der Waals surface area (Å²) < 4.78 is 37.8. The Balaban J connectivity index is 1.50. The number of amides is 1. The van der Waals surface area contributed by atoms with Gasteiger partial charge in [0.2, 0.25) is 11.8 Å². The number of hydrogen-bond donors (Lipinski definition) is 3. The smallest absolute Gasteiger partial charge is 0.322 e. The predicted molar refractivity (Wildman–Crippen MR) is 116 cm³/mol. The van der Waals surface area contributed by atoms with E-state index >= 15 is 0 Å². The van der Waals surface area contributed by atoms with Crippen molar-refractivity contribution in [2.45, 2.75) is 4.90 Å². The Bertz CT molecular complexity index is 1660. The molecule has 0 saturated carbocycles. The Kier molecular flexibility index (Phi) is 4.97. The summed E-state index contributed by atoms with van der Waals surface area (Å²) in [6.45, 7) is 0. The van der Waals surface area contributed by atoms with Crippen LogP contribution in [0.25, 0.3) is 17.0 Å². The lowest BCUT2D eigenvalue weighted by atomic mass is 10.1. The van der Waals surface area contributed by atoms with Crippen LogP contribution in [0.5, 0.6) is 5.88 Å². The van der Waals surface area contributed by atoms with Crippen LogP contribution in [0.3, 0.4) is 0 Å². The zero-order valence-electron chi connectivity index (χ0n) is 16.1. The van der Waals surface area contributed by atoms with Crippen LogP contribution < -0.4 is 15.9 Å². The van der Waals surface area contributed by atoms with Crippen LogP contribution in [0.15, 0.2) is 56.8 Å². The van der Waals surface area contributed by atoms with Crippen molar-refractivity contribution in [1.82, 2.24) is 15.2 Å². The molecule has 0 saturated heterocycles. The summed E-state index contributed by atoms with van der Waals surface area (Å²) in [5.41, 5.74) is 0.591. The van der Waals surface area contributed by atoms with Crippen molar-refractivity contribution in [2.75, 3.05) is 5.32 Å². The number of benzene rings is 2. The van der Waals surface area contributed by atoms with E-state index in [0.29, 0.717) is 10.6 Å². The zero-order chi connectivity index (χ0) is 23.3. The average molecular weight is 504 g/mol. The first-order valence-corrected chi connectivity index (χ1v) is 11.6. The van der Waals surface area contributed by atoms with Crippen LogP contribution in [0.4, 0.5) is 11.1 Å². The third-order valence-electron chi connectivity index (χ3n) is 4.54. The molecule has 0 fully saturated rings. The van der Waals surface area contributed by atoms with Gasteiger partial charge in [-0.3, -0.25) is 14.7 Å². The molecule has 0 bridgehead atoms. The molecule has 2 aromatic carbocycles. The molecule has 1 aliphatic heterocycles. The standard InChI is InChI=1S/C19H10ClN5O6S2/c20-9-3-1-8(2-4-9)17-24-25-18(31-17)23-19-22-16(27)14(32-19)13-11-7-10(33(28,29)30)5-6-12(11)21-15(13)26/h1-7,27H,(H,22,23,25)(H,28,29,30). The summed E-state index contributed by atoms with van der Waals surface area (Å²) >= 11 is 6.76. The van der Waals surface area contributed by atoms with Gasteiger partial charge >= 0.3 is 6.01 Å². The minimum absolute atomic E-state index is 0.0123. The Hall–Kier alpha value is -3.65. The molecule has 33 heavy (non-hydrogen) atoms. The van der Waals surface area contributed by atoms with Crippen molar-refractivity contribution in [1.29, 1.82) is 0 Å². The van der Waals surface area contributed by atoms with E-state index in [2.05, 4.69) is 25.5 Å². The van der Waals surface area contributed by atoms with Gasteiger partial charge in [-0.15, -0.1) is 5.10 Å². The van der Waals surface area contributed by atoms with Gasteiger partial charge in [0.1, 0.15) is 4.88 Å². The van der Waals surface area contributed by atoms with Crippen LogP contribution in [-0.2, 0) is 14.9 Å². The van der Waals surface area contributed by atoms with Gasteiger partial charge in [0.25, 0.3) is 16.0 Å². The van der Waals surface area contributed by atoms with Gasteiger partial charge in [-0.1, -0.05) is 28.0 Å². The molecule has 0 spiro atoms. The highest BCUT2D eigenvalue weighted by Crippen LogP contribution is 2.35. The molecule has 14 heteroatoms. The van der Waals surface area contributed by atoms with Gasteiger partial charge in [0, 0.05) is 15.8 Å². The number of aromatic hydroxyl groups is 1. The second-order valence-electron chi connectivity index (χ2n) is 6.66.